The molecular weight excluding hydrogens is 308 g/mol. The molecule has 0 radical (unpaired) electrons. The summed E-state index contributed by atoms with van der Waals surface area (Å²) in [6.07, 6.45) is 29.0. The average Bonchev–Trinajstić information content (AvgIpc) is 2.65. The van der Waals surface area contributed by atoms with Crippen LogP contribution < -0.4 is 0 Å². The van der Waals surface area contributed by atoms with Crippen molar-refractivity contribution in [3.63, 3.8) is 0 Å². The Balaban J connectivity index is 1.66. The van der Waals surface area contributed by atoms with E-state index in [0.717, 1.165) is 26.1 Å². The molecule has 1 aliphatic heterocycles. The highest BCUT2D eigenvalue weighted by molar-refractivity contribution is 4.82. The molecule has 1 heterocycles. The van der Waals surface area contributed by atoms with E-state index in [1.165, 1.54) is 103 Å². The minimum absolute atomic E-state index is 0.0942. The average molecular weight is 351 g/mol. The first-order valence-electron chi connectivity index (χ1n) is 11.1. The van der Waals surface area contributed by atoms with Crippen molar-refractivity contribution in [1.82, 2.24) is 0 Å². The summed E-state index contributed by atoms with van der Waals surface area (Å²) in [6.45, 7) is 1.77. The van der Waals surface area contributed by atoms with Gasteiger partial charge in [-0.15, -0.1) is 12.3 Å². The molecule has 1 saturated heterocycles. The SMILES string of the molecule is C#CCCCCCCCCCCCCCCCCOC1CCCCO1. The number of hydrogen-bond donors (Lipinski definition) is 0. The molecule has 2 nitrogen and oxygen atoms in total. The van der Waals surface area contributed by atoms with Crippen molar-refractivity contribution < 1.29 is 9.47 Å². The van der Waals surface area contributed by atoms with Crippen molar-refractivity contribution in [3.8, 4) is 12.3 Å². The van der Waals surface area contributed by atoms with E-state index in [1.807, 2.05) is 0 Å². The Morgan fingerprint density at radius 1 is 0.720 bits per heavy atom. The Hall–Kier alpha value is -0.520. The maximum atomic E-state index is 5.77. The van der Waals surface area contributed by atoms with Gasteiger partial charge in [-0.25, -0.2) is 0 Å². The number of unbranched alkanes of at least 4 members (excludes halogenated alkanes) is 14. The van der Waals surface area contributed by atoms with Gasteiger partial charge in [0, 0.05) is 19.6 Å². The monoisotopic (exact) mass is 350 g/mol. The Morgan fingerprint density at radius 2 is 1.24 bits per heavy atom. The molecule has 25 heavy (non-hydrogen) atoms. The standard InChI is InChI=1S/C23H42O2/c1-2-3-4-5-6-7-8-9-10-11-12-13-14-15-16-18-21-24-23-20-17-19-22-25-23/h1,23H,3-22H2. The van der Waals surface area contributed by atoms with E-state index < -0.39 is 0 Å². The molecule has 1 unspecified atom stereocenters. The van der Waals surface area contributed by atoms with Crippen molar-refractivity contribution in [2.45, 2.75) is 122 Å². The van der Waals surface area contributed by atoms with Gasteiger partial charge in [0.2, 0.25) is 0 Å². The fraction of sp³-hybridized carbons (Fsp3) is 0.913. The lowest BCUT2D eigenvalue weighted by molar-refractivity contribution is -0.162. The van der Waals surface area contributed by atoms with Crippen LogP contribution in [0.5, 0.6) is 0 Å². The minimum Gasteiger partial charge on any atom is -0.353 e. The number of ether oxygens (including phenoxy) is 2. The Labute approximate surface area is 157 Å². The third-order valence-electron chi connectivity index (χ3n) is 5.16. The summed E-state index contributed by atoms with van der Waals surface area (Å²) < 4.78 is 11.3. The third-order valence-corrected chi connectivity index (χ3v) is 5.16. The molecule has 0 amide bonds. The highest BCUT2D eigenvalue weighted by atomic mass is 16.7. The zero-order chi connectivity index (χ0) is 17.8. The molecule has 0 aliphatic carbocycles. The summed E-state index contributed by atoms with van der Waals surface area (Å²) in [5.41, 5.74) is 0. The highest BCUT2D eigenvalue weighted by Gasteiger charge is 2.13. The van der Waals surface area contributed by atoms with Gasteiger partial charge in [-0.05, 0) is 32.1 Å². The van der Waals surface area contributed by atoms with Crippen LogP contribution in [0, 0.1) is 12.3 Å². The molecule has 0 aromatic rings. The van der Waals surface area contributed by atoms with E-state index in [4.69, 9.17) is 15.9 Å². The Bertz CT molecular complexity index is 302. The maximum Gasteiger partial charge on any atom is 0.157 e. The zero-order valence-electron chi connectivity index (χ0n) is 16.6. The highest BCUT2D eigenvalue weighted by Crippen LogP contribution is 2.15. The van der Waals surface area contributed by atoms with E-state index in [9.17, 15) is 0 Å². The maximum absolute atomic E-state index is 5.77. The topological polar surface area (TPSA) is 18.5 Å². The molecule has 0 aromatic heterocycles. The third kappa shape index (κ3) is 15.5. The predicted octanol–water partition coefficient (Wildman–Crippen LogP) is 7.01. The van der Waals surface area contributed by atoms with Crippen molar-refractivity contribution in [2.75, 3.05) is 13.2 Å². The lowest BCUT2D eigenvalue weighted by atomic mass is 10.0. The first-order chi connectivity index (χ1) is 12.4. The smallest absolute Gasteiger partial charge is 0.157 e. The number of terminal acetylenes is 1. The molecule has 1 atom stereocenters. The van der Waals surface area contributed by atoms with Crippen LogP contribution in [0.3, 0.4) is 0 Å². The fourth-order valence-electron chi connectivity index (χ4n) is 3.51. The van der Waals surface area contributed by atoms with Crippen molar-refractivity contribution in [1.29, 1.82) is 0 Å². The zero-order valence-corrected chi connectivity index (χ0v) is 16.6. The van der Waals surface area contributed by atoms with Gasteiger partial charge in [0.1, 0.15) is 0 Å². The number of rotatable bonds is 17. The molecule has 0 bridgehead atoms. The Kier molecular flexibility index (Phi) is 16.5. The molecule has 0 aromatic carbocycles. The van der Waals surface area contributed by atoms with Gasteiger partial charge in [-0.3, -0.25) is 0 Å². The second kappa shape index (κ2) is 18.3. The summed E-state index contributed by atoms with van der Waals surface area (Å²) >= 11 is 0. The molecule has 1 fully saturated rings. The lowest BCUT2D eigenvalue weighted by Crippen LogP contribution is -2.22. The van der Waals surface area contributed by atoms with E-state index >= 15 is 0 Å². The van der Waals surface area contributed by atoms with Gasteiger partial charge in [-0.1, -0.05) is 77.0 Å². The first kappa shape index (κ1) is 22.5. The molecule has 0 spiro atoms. The molecule has 1 rings (SSSR count). The number of hydrogen-bond acceptors (Lipinski definition) is 2. The Morgan fingerprint density at radius 3 is 1.72 bits per heavy atom. The van der Waals surface area contributed by atoms with Crippen LogP contribution in [0.15, 0.2) is 0 Å². The second-order valence-electron chi connectivity index (χ2n) is 7.57. The molecule has 2 heteroatoms. The lowest BCUT2D eigenvalue weighted by Gasteiger charge is -2.22. The second-order valence-corrected chi connectivity index (χ2v) is 7.57. The summed E-state index contributed by atoms with van der Waals surface area (Å²) in [7, 11) is 0. The molecule has 1 aliphatic rings. The van der Waals surface area contributed by atoms with E-state index in [2.05, 4.69) is 5.92 Å². The van der Waals surface area contributed by atoms with E-state index in [0.29, 0.717) is 0 Å². The van der Waals surface area contributed by atoms with Gasteiger partial charge >= 0.3 is 0 Å². The normalized spacial score (nSPS) is 17.5. The van der Waals surface area contributed by atoms with Crippen LogP contribution >= 0.6 is 0 Å². The summed E-state index contributed by atoms with van der Waals surface area (Å²) in [5, 5.41) is 0. The molecular formula is C23H42O2. The van der Waals surface area contributed by atoms with Gasteiger partial charge in [-0.2, -0.15) is 0 Å². The summed E-state index contributed by atoms with van der Waals surface area (Å²) in [6, 6.07) is 0. The van der Waals surface area contributed by atoms with Crippen molar-refractivity contribution >= 4 is 0 Å². The van der Waals surface area contributed by atoms with E-state index in [-0.39, 0.29) is 6.29 Å². The molecule has 0 saturated carbocycles. The molecule has 0 N–H and O–H groups in total. The van der Waals surface area contributed by atoms with Crippen molar-refractivity contribution in [2.24, 2.45) is 0 Å². The van der Waals surface area contributed by atoms with E-state index in [1.54, 1.807) is 0 Å². The van der Waals surface area contributed by atoms with Crippen LogP contribution in [-0.4, -0.2) is 19.5 Å². The fourth-order valence-corrected chi connectivity index (χ4v) is 3.51. The van der Waals surface area contributed by atoms with Crippen LogP contribution in [0.25, 0.3) is 0 Å². The summed E-state index contributed by atoms with van der Waals surface area (Å²) in [5.74, 6) is 2.72. The van der Waals surface area contributed by atoms with Gasteiger partial charge in [0.05, 0.1) is 0 Å². The molecule has 146 valence electrons. The van der Waals surface area contributed by atoms with Crippen LogP contribution in [0.2, 0.25) is 0 Å². The minimum atomic E-state index is 0.0942. The van der Waals surface area contributed by atoms with Gasteiger partial charge in [0.15, 0.2) is 6.29 Å². The quantitative estimate of drug-likeness (QED) is 0.207. The predicted molar refractivity (Wildman–Crippen MR) is 108 cm³/mol. The van der Waals surface area contributed by atoms with Crippen LogP contribution in [-0.2, 0) is 9.47 Å². The van der Waals surface area contributed by atoms with Gasteiger partial charge < -0.3 is 9.47 Å². The largest absolute Gasteiger partial charge is 0.353 e. The van der Waals surface area contributed by atoms with Crippen LogP contribution in [0.4, 0.5) is 0 Å². The van der Waals surface area contributed by atoms with Crippen LogP contribution in [0.1, 0.15) is 116 Å². The van der Waals surface area contributed by atoms with Gasteiger partial charge in [0.25, 0.3) is 0 Å². The summed E-state index contributed by atoms with van der Waals surface area (Å²) in [4.78, 5) is 0. The van der Waals surface area contributed by atoms with Crippen molar-refractivity contribution in [3.05, 3.63) is 0 Å². The first-order valence-corrected chi connectivity index (χ1v) is 11.1.